The molecule has 0 unspecified atom stereocenters. The number of hydrogen-bond acceptors (Lipinski definition) is 9. The number of piperidine rings is 2. The molecule has 6 aromatic rings. The van der Waals surface area contributed by atoms with Gasteiger partial charge in [0.05, 0.1) is 59.6 Å². The number of carbonyl (C=O) groups is 4. The van der Waals surface area contributed by atoms with E-state index in [9.17, 15) is 19.2 Å². The van der Waals surface area contributed by atoms with Crippen molar-refractivity contribution in [1.82, 2.24) is 45.4 Å². The van der Waals surface area contributed by atoms with Gasteiger partial charge in [0.25, 0.3) is 0 Å². The first kappa shape index (κ1) is 42.8. The van der Waals surface area contributed by atoms with Gasteiger partial charge in [0.1, 0.15) is 23.7 Å². The summed E-state index contributed by atoms with van der Waals surface area (Å²) in [6.07, 6.45) is 12.8. The van der Waals surface area contributed by atoms with Crippen LogP contribution in [0, 0.1) is 23.7 Å². The molecule has 3 aromatic heterocycles. The quantitative estimate of drug-likeness (QED) is 0.104. The van der Waals surface area contributed by atoms with Crippen LogP contribution in [0.4, 0.5) is 9.59 Å². The number of rotatable bonds is 10. The molecular formula is C53H59N9O6. The van der Waals surface area contributed by atoms with Crippen molar-refractivity contribution in [2.24, 2.45) is 23.7 Å². The number of methoxy groups -OCH3 is 2. The molecule has 68 heavy (non-hydrogen) atoms. The zero-order chi connectivity index (χ0) is 46.2. The van der Waals surface area contributed by atoms with E-state index in [1.165, 1.54) is 14.2 Å². The predicted octanol–water partition coefficient (Wildman–Crippen LogP) is 9.26. The van der Waals surface area contributed by atoms with Crippen LogP contribution in [0.2, 0.25) is 0 Å². The fourth-order valence-electron chi connectivity index (χ4n) is 12.6. The van der Waals surface area contributed by atoms with Crippen molar-refractivity contribution in [2.45, 2.75) is 126 Å². The molecular weight excluding hydrogens is 859 g/mol. The van der Waals surface area contributed by atoms with E-state index < -0.39 is 24.3 Å². The Kier molecular flexibility index (Phi) is 10.8. The molecule has 4 N–H and O–H groups in total. The molecule has 0 radical (unpaired) electrons. The molecule has 3 aromatic carbocycles. The standard InChI is InChI=1S/C53H59N9O6/c1-67-52(65)59-46(28-9-5-3-6-10-28)50(63)61-42-24-34(42)26-44(61)48-55-38-19-14-31(22-40(38)57-48)30-13-17-36-32(21-30)15-18-37(54-36)33-16-20-39-41(23-33)58-49(56-39)45-27-35-25-43(35)62(45)51(64)47(60-53(66)68-2)29-11-7-4-8-12-29/h13-23,28-29,34-35,42-47H,3-12,24-27H2,1-2H3,(H,55,57)(H,56,58)(H,59,65)(H,60,66)/t34-,35-,42-,43-,44+,45+,46+,47+/m1/s1. The summed E-state index contributed by atoms with van der Waals surface area (Å²) in [7, 11) is 2.70. The van der Waals surface area contributed by atoms with Gasteiger partial charge >= 0.3 is 12.2 Å². The first-order chi connectivity index (χ1) is 33.2. The Balaban J connectivity index is 0.764. The maximum atomic E-state index is 14.4. The number of amides is 4. The average Bonchev–Trinajstić information content (AvgIpc) is 4.04. The number of H-pyrrole nitrogens is 2. The molecule has 352 valence electrons. The van der Waals surface area contributed by atoms with Gasteiger partial charge in [0, 0.05) is 23.0 Å². The van der Waals surface area contributed by atoms with Gasteiger partial charge < -0.3 is 39.9 Å². The predicted molar refractivity (Wildman–Crippen MR) is 256 cm³/mol. The van der Waals surface area contributed by atoms with Crippen molar-refractivity contribution >= 4 is 57.0 Å². The van der Waals surface area contributed by atoms with Crippen molar-refractivity contribution in [2.75, 3.05) is 14.2 Å². The number of likely N-dealkylation sites (tertiary alicyclic amines) is 2. The second kappa shape index (κ2) is 17.2. The van der Waals surface area contributed by atoms with Crippen LogP contribution < -0.4 is 10.6 Å². The van der Waals surface area contributed by atoms with Crippen molar-refractivity contribution < 1.29 is 28.7 Å². The summed E-state index contributed by atoms with van der Waals surface area (Å²) in [5.74, 6) is 2.62. The molecule has 2 aliphatic heterocycles. The van der Waals surface area contributed by atoms with Gasteiger partial charge in [0.2, 0.25) is 11.8 Å². The van der Waals surface area contributed by atoms with Gasteiger partial charge in [-0.1, -0.05) is 62.8 Å². The third kappa shape index (κ3) is 7.80. The Morgan fingerprint density at radius 1 is 0.559 bits per heavy atom. The fraction of sp³-hybridized carbons (Fsp3) is 0.491. The Hall–Kier alpha value is -6.51. The van der Waals surface area contributed by atoms with Crippen LogP contribution >= 0.6 is 0 Å². The second-order valence-electron chi connectivity index (χ2n) is 20.5. The largest absolute Gasteiger partial charge is 0.453 e. The summed E-state index contributed by atoms with van der Waals surface area (Å²) in [5, 5.41) is 6.87. The van der Waals surface area contributed by atoms with Gasteiger partial charge in [-0.25, -0.2) is 24.5 Å². The number of benzene rings is 3. The maximum absolute atomic E-state index is 14.4. The lowest BCUT2D eigenvalue weighted by atomic mass is 9.83. The van der Waals surface area contributed by atoms with Crippen LogP contribution in [0.15, 0.2) is 66.7 Å². The number of carbonyl (C=O) groups excluding carboxylic acids is 4. The molecule has 2 saturated heterocycles. The Bertz CT molecular complexity index is 2760. The molecule has 6 fully saturated rings. The smallest absolute Gasteiger partial charge is 0.407 e. The molecule has 15 nitrogen and oxygen atoms in total. The van der Waals surface area contributed by atoms with Crippen LogP contribution in [-0.4, -0.2) is 97.1 Å². The highest BCUT2D eigenvalue weighted by atomic mass is 16.5. The van der Waals surface area contributed by atoms with Crippen LogP contribution in [0.25, 0.3) is 55.4 Å². The van der Waals surface area contributed by atoms with E-state index in [-0.39, 0.29) is 47.8 Å². The van der Waals surface area contributed by atoms with E-state index in [1.54, 1.807) is 0 Å². The minimum absolute atomic E-state index is 0.0187. The van der Waals surface area contributed by atoms with Crippen molar-refractivity contribution in [3.05, 3.63) is 78.4 Å². The number of aromatic nitrogens is 5. The minimum atomic E-state index is -0.605. The summed E-state index contributed by atoms with van der Waals surface area (Å²) in [6.45, 7) is 0. The Labute approximate surface area is 394 Å². The Morgan fingerprint density at radius 2 is 1.03 bits per heavy atom. The van der Waals surface area contributed by atoms with Crippen molar-refractivity contribution in [3.8, 4) is 22.4 Å². The number of alkyl carbamates (subject to hydrolysis) is 2. The van der Waals surface area contributed by atoms with Crippen LogP contribution in [0.1, 0.15) is 114 Å². The third-order valence-electron chi connectivity index (χ3n) is 16.4. The molecule has 6 aliphatic rings. The van der Waals surface area contributed by atoms with Crippen LogP contribution in [0.3, 0.4) is 0 Å². The van der Waals surface area contributed by atoms with Crippen molar-refractivity contribution in [3.63, 3.8) is 0 Å². The highest BCUT2D eigenvalue weighted by Gasteiger charge is 2.58. The van der Waals surface area contributed by atoms with E-state index >= 15 is 0 Å². The SMILES string of the molecule is COC(=O)N[C@H](C(=O)N1[C@@H]2C[C@@H]2C[C@H]1c1nc2ccc(-c3ccc4nc(-c5ccc6nc([C@@H]7C[C@H]8C[C@H]8N7C(=O)[C@@H](NC(=O)OC)C7CCCCC7)[nH]c6c5)ccc4c3)cc2[nH]1)C1CCCCC1. The third-order valence-corrected chi connectivity index (χ3v) is 16.4. The van der Waals surface area contributed by atoms with Gasteiger partial charge in [-0.2, -0.15) is 0 Å². The minimum Gasteiger partial charge on any atom is -0.453 e. The molecule has 15 heteroatoms. The zero-order valence-corrected chi connectivity index (χ0v) is 38.7. The normalized spacial score (nSPS) is 25.5. The molecule has 0 spiro atoms. The maximum Gasteiger partial charge on any atom is 0.407 e. The molecule has 4 aliphatic carbocycles. The number of nitrogens with one attached hydrogen (secondary N) is 4. The summed E-state index contributed by atoms with van der Waals surface area (Å²) >= 11 is 0. The molecule has 4 saturated carbocycles. The molecule has 4 amide bonds. The first-order valence-electron chi connectivity index (χ1n) is 25.0. The lowest BCUT2D eigenvalue weighted by Gasteiger charge is -2.35. The highest BCUT2D eigenvalue weighted by molar-refractivity contribution is 5.91. The monoisotopic (exact) mass is 917 g/mol. The molecule has 0 bridgehead atoms. The van der Waals surface area contributed by atoms with E-state index in [0.29, 0.717) is 11.8 Å². The average molecular weight is 918 g/mol. The number of ether oxygens (including phenoxy) is 2. The summed E-state index contributed by atoms with van der Waals surface area (Å²) in [4.78, 5) is 80.1. The van der Waals surface area contributed by atoms with E-state index in [4.69, 9.17) is 24.4 Å². The molecule has 5 heterocycles. The number of aromatic amines is 2. The number of fused-ring (bicyclic) bond motifs is 5. The first-order valence-corrected chi connectivity index (χ1v) is 25.0. The highest BCUT2D eigenvalue weighted by Crippen LogP contribution is 2.55. The van der Waals surface area contributed by atoms with Gasteiger partial charge in [-0.15, -0.1) is 0 Å². The van der Waals surface area contributed by atoms with Gasteiger partial charge in [-0.3, -0.25) is 9.59 Å². The summed E-state index contributed by atoms with van der Waals surface area (Å²) < 4.78 is 9.93. The lowest BCUT2D eigenvalue weighted by Crippen LogP contribution is -2.53. The zero-order valence-electron chi connectivity index (χ0n) is 38.7. The summed E-state index contributed by atoms with van der Waals surface area (Å²) in [5.41, 5.74) is 8.28. The van der Waals surface area contributed by atoms with Crippen LogP contribution in [0.5, 0.6) is 0 Å². The van der Waals surface area contributed by atoms with Crippen LogP contribution in [-0.2, 0) is 19.1 Å². The van der Waals surface area contributed by atoms with Crippen molar-refractivity contribution in [1.29, 1.82) is 0 Å². The summed E-state index contributed by atoms with van der Waals surface area (Å²) in [6, 6.07) is 21.7. The van der Waals surface area contributed by atoms with Gasteiger partial charge in [0.15, 0.2) is 0 Å². The van der Waals surface area contributed by atoms with E-state index in [0.717, 1.165) is 157 Å². The van der Waals surface area contributed by atoms with E-state index in [2.05, 4.69) is 75.2 Å². The number of imidazole rings is 2. The lowest BCUT2D eigenvalue weighted by molar-refractivity contribution is -0.138. The number of nitrogens with zero attached hydrogens (tertiary/aromatic N) is 5. The number of pyridine rings is 1. The number of hydrogen-bond donors (Lipinski definition) is 4. The van der Waals surface area contributed by atoms with Gasteiger partial charge in [-0.05, 0) is 129 Å². The Morgan fingerprint density at radius 3 is 1.54 bits per heavy atom. The molecule has 12 rings (SSSR count). The second-order valence-corrected chi connectivity index (χ2v) is 20.5. The fourth-order valence-corrected chi connectivity index (χ4v) is 12.6. The topological polar surface area (TPSA) is 188 Å². The molecule has 8 atom stereocenters. The van der Waals surface area contributed by atoms with E-state index in [1.807, 2.05) is 21.9 Å².